The third-order valence-corrected chi connectivity index (χ3v) is 6.38. The highest BCUT2D eigenvalue weighted by Crippen LogP contribution is 2.37. The first-order chi connectivity index (χ1) is 15.2. The molecule has 1 aromatic carbocycles. The minimum atomic E-state index is -1.17. The Labute approximate surface area is 192 Å². The number of nitrogens with zero attached hydrogens (tertiary/aromatic N) is 4. The maximum Gasteiger partial charge on any atom is 0.254 e. The average Bonchev–Trinajstić information content (AvgIpc) is 3.45. The third kappa shape index (κ3) is 4.36. The Balaban J connectivity index is 1.47. The summed E-state index contributed by atoms with van der Waals surface area (Å²) >= 11 is 6.55. The lowest BCUT2D eigenvalue weighted by Crippen LogP contribution is -2.53. The van der Waals surface area contributed by atoms with Gasteiger partial charge in [0.2, 0.25) is 0 Å². The van der Waals surface area contributed by atoms with Crippen LogP contribution in [0.2, 0.25) is 5.02 Å². The van der Waals surface area contributed by atoms with Gasteiger partial charge in [-0.15, -0.1) is 0 Å². The number of aryl methyl sites for hydroxylation is 2. The number of carbonyl (C=O) groups is 2. The molecule has 7 nitrogen and oxygen atoms in total. The summed E-state index contributed by atoms with van der Waals surface area (Å²) < 4.78 is 1.75. The van der Waals surface area contributed by atoms with Crippen LogP contribution in [0, 0.1) is 6.92 Å². The van der Waals surface area contributed by atoms with Gasteiger partial charge in [0.05, 0.1) is 5.69 Å². The van der Waals surface area contributed by atoms with Crippen LogP contribution in [0.4, 0.5) is 0 Å². The van der Waals surface area contributed by atoms with Gasteiger partial charge in [-0.2, -0.15) is 5.10 Å². The Hall–Kier alpha value is -2.90. The molecule has 1 aliphatic heterocycles. The van der Waals surface area contributed by atoms with E-state index in [1.165, 1.54) is 0 Å². The molecular weight excluding hydrogens is 428 g/mol. The van der Waals surface area contributed by atoms with Crippen molar-refractivity contribution in [2.45, 2.75) is 25.4 Å². The second kappa shape index (κ2) is 8.56. The monoisotopic (exact) mass is 454 g/mol. The van der Waals surface area contributed by atoms with Crippen LogP contribution in [0.5, 0.6) is 0 Å². The van der Waals surface area contributed by atoms with Gasteiger partial charge in [-0.05, 0) is 49.1 Å². The van der Waals surface area contributed by atoms with Gasteiger partial charge in [0, 0.05) is 55.6 Å². The van der Waals surface area contributed by atoms with Gasteiger partial charge in [-0.3, -0.25) is 14.3 Å². The summed E-state index contributed by atoms with van der Waals surface area (Å²) in [5.41, 5.74) is 2.80. The van der Waals surface area contributed by atoms with Crippen molar-refractivity contribution in [2.24, 2.45) is 7.05 Å². The summed E-state index contributed by atoms with van der Waals surface area (Å²) in [5, 5.41) is 14.9. The number of aromatic nitrogens is 2. The largest absolute Gasteiger partial charge is 0.380 e. The van der Waals surface area contributed by atoms with Crippen LogP contribution >= 0.6 is 11.6 Å². The molecule has 1 saturated heterocycles. The molecule has 2 fully saturated rings. The van der Waals surface area contributed by atoms with Crippen molar-refractivity contribution in [1.82, 2.24) is 19.6 Å². The van der Waals surface area contributed by atoms with E-state index in [2.05, 4.69) is 11.7 Å². The first-order valence-corrected chi connectivity index (χ1v) is 11.0. The number of carbonyl (C=O) groups excluding carboxylic acids is 2. The highest BCUT2D eigenvalue weighted by Gasteiger charge is 2.50. The second-order valence-electron chi connectivity index (χ2n) is 8.49. The summed E-state index contributed by atoms with van der Waals surface area (Å²) in [4.78, 5) is 28.6. The molecule has 2 amide bonds. The Morgan fingerprint density at radius 2 is 1.84 bits per heavy atom. The number of halogens is 1. The Morgan fingerprint density at radius 3 is 2.38 bits per heavy atom. The zero-order chi connectivity index (χ0) is 23.0. The molecule has 32 heavy (non-hydrogen) atoms. The highest BCUT2D eigenvalue weighted by molar-refractivity contribution is 6.33. The lowest BCUT2D eigenvalue weighted by atomic mass is 10.0. The normalized spacial score (nSPS) is 17.9. The molecule has 0 atom stereocenters. The molecule has 1 saturated carbocycles. The first kappa shape index (κ1) is 22.3. The van der Waals surface area contributed by atoms with Crippen molar-refractivity contribution in [3.63, 3.8) is 0 Å². The first-order valence-electron chi connectivity index (χ1n) is 10.7. The molecule has 1 aliphatic carbocycles. The predicted octanol–water partition coefficient (Wildman–Crippen LogP) is 2.92. The van der Waals surface area contributed by atoms with Gasteiger partial charge in [-0.25, -0.2) is 0 Å². The lowest BCUT2D eigenvalue weighted by Gasteiger charge is -2.35. The van der Waals surface area contributed by atoms with E-state index in [9.17, 15) is 14.7 Å². The molecule has 2 aromatic rings. The fourth-order valence-electron chi connectivity index (χ4n) is 3.96. The minimum Gasteiger partial charge on any atom is -0.380 e. The van der Waals surface area contributed by atoms with Gasteiger partial charge in [0.25, 0.3) is 11.8 Å². The zero-order valence-electron chi connectivity index (χ0n) is 18.3. The van der Waals surface area contributed by atoms with Gasteiger partial charge in [0.15, 0.2) is 0 Å². The van der Waals surface area contributed by atoms with E-state index in [4.69, 9.17) is 11.6 Å². The van der Waals surface area contributed by atoms with Gasteiger partial charge in [0.1, 0.15) is 5.60 Å². The van der Waals surface area contributed by atoms with E-state index >= 15 is 0 Å². The van der Waals surface area contributed by atoms with E-state index in [1.54, 1.807) is 32.7 Å². The maximum atomic E-state index is 13.0. The summed E-state index contributed by atoms with van der Waals surface area (Å²) in [6, 6.07) is 5.26. The average molecular weight is 455 g/mol. The van der Waals surface area contributed by atoms with Crippen LogP contribution in [0.25, 0.3) is 11.6 Å². The molecule has 8 heteroatoms. The van der Waals surface area contributed by atoms with Crippen molar-refractivity contribution in [3.8, 4) is 0 Å². The molecular formula is C24H27ClN4O3. The molecule has 1 aromatic heterocycles. The summed E-state index contributed by atoms with van der Waals surface area (Å²) in [6.07, 6.45) is 6.64. The lowest BCUT2D eigenvalue weighted by molar-refractivity contribution is -0.143. The molecule has 1 N–H and O–H groups in total. The topological polar surface area (TPSA) is 78.7 Å². The van der Waals surface area contributed by atoms with Crippen LogP contribution in [-0.2, 0) is 11.8 Å². The Bertz CT molecular complexity index is 1110. The molecule has 4 rings (SSSR count). The van der Waals surface area contributed by atoms with Gasteiger partial charge >= 0.3 is 0 Å². The van der Waals surface area contributed by atoms with Crippen molar-refractivity contribution >= 4 is 35.1 Å². The summed E-state index contributed by atoms with van der Waals surface area (Å²) in [7, 11) is 1.87. The van der Waals surface area contributed by atoms with Crippen molar-refractivity contribution < 1.29 is 14.7 Å². The number of allylic oxidation sites excluding steroid dienone is 2. The molecule has 0 unspecified atom stereocenters. The van der Waals surface area contributed by atoms with Crippen molar-refractivity contribution in [2.75, 3.05) is 26.2 Å². The molecule has 0 bridgehead atoms. The highest BCUT2D eigenvalue weighted by atomic mass is 35.5. The van der Waals surface area contributed by atoms with Crippen molar-refractivity contribution in [1.29, 1.82) is 0 Å². The molecule has 168 valence electrons. The second-order valence-corrected chi connectivity index (χ2v) is 8.89. The number of aliphatic hydroxyl groups is 1. The minimum absolute atomic E-state index is 0.125. The van der Waals surface area contributed by atoms with Crippen LogP contribution in [0.3, 0.4) is 0 Å². The molecule has 0 radical (unpaired) electrons. The van der Waals surface area contributed by atoms with E-state index in [0.29, 0.717) is 49.6 Å². The van der Waals surface area contributed by atoms with Crippen LogP contribution in [0.1, 0.15) is 40.0 Å². The number of hydrogen-bond acceptors (Lipinski definition) is 4. The number of hydrogen-bond donors (Lipinski definition) is 1. The number of piperazine rings is 1. The number of amides is 2. The smallest absolute Gasteiger partial charge is 0.254 e. The van der Waals surface area contributed by atoms with Gasteiger partial charge in [-0.1, -0.05) is 30.3 Å². The van der Waals surface area contributed by atoms with E-state index < -0.39 is 5.60 Å². The van der Waals surface area contributed by atoms with Crippen LogP contribution in [0.15, 0.2) is 37.1 Å². The summed E-state index contributed by atoms with van der Waals surface area (Å²) in [5.74, 6) is -0.343. The molecule has 2 aliphatic rings. The number of rotatable bonds is 5. The molecule has 2 heterocycles. The number of benzene rings is 1. The fourth-order valence-corrected chi connectivity index (χ4v) is 4.25. The zero-order valence-corrected chi connectivity index (χ0v) is 19.1. The fraction of sp³-hybridized carbons (Fsp3) is 0.375. The van der Waals surface area contributed by atoms with Crippen LogP contribution < -0.4 is 0 Å². The standard InChI is InChI=1S/C24H27ClN4O3/c1-4-17(14-21-16(2)15-27(3)26-21)19-6-5-18(13-20(19)25)22(30)28-9-11-29(12-10-28)23(31)24(32)7-8-24/h4-6,13-15,32H,1,7-12H2,2-3H3/b17-14+. The quantitative estimate of drug-likeness (QED) is 0.704. The van der Waals surface area contributed by atoms with Gasteiger partial charge < -0.3 is 14.9 Å². The van der Waals surface area contributed by atoms with Crippen LogP contribution in [-0.4, -0.2) is 68.3 Å². The Kier molecular flexibility index (Phi) is 5.97. The molecule has 0 spiro atoms. The van der Waals surface area contributed by atoms with Crippen molar-refractivity contribution in [3.05, 3.63) is 64.5 Å². The van der Waals surface area contributed by atoms with E-state index in [0.717, 1.165) is 22.4 Å². The predicted molar refractivity (Wildman–Crippen MR) is 124 cm³/mol. The third-order valence-electron chi connectivity index (χ3n) is 6.06. The Morgan fingerprint density at radius 1 is 1.19 bits per heavy atom. The van der Waals surface area contributed by atoms with E-state index in [-0.39, 0.29) is 11.8 Å². The SMILES string of the molecule is C=C/C(=C\c1nn(C)cc1C)c1ccc(C(=O)N2CCN(C(=O)C3(O)CC3)CC2)cc1Cl. The summed E-state index contributed by atoms with van der Waals surface area (Å²) in [6.45, 7) is 7.58. The maximum absolute atomic E-state index is 13.0. The van der Waals surface area contributed by atoms with E-state index in [1.807, 2.05) is 32.3 Å².